The second kappa shape index (κ2) is 9.27. The number of rotatable bonds is 6. The Labute approximate surface area is 171 Å². The number of hydrogen-bond acceptors (Lipinski definition) is 5. The number of alkyl halides is 2. The summed E-state index contributed by atoms with van der Waals surface area (Å²) in [5.74, 6) is 0.351. The average Bonchev–Trinajstić information content (AvgIpc) is 2.69. The standard InChI is InChI=1S/C22H27F2N5/c1-15(2)9-17-10-19(22(23)24)20(12-25)21(11-17)29-8-7-28(16(3)13-29)14-18-5-4-6-26-27-18/h4-6,10-11,15-16,22H,7-9,13-14H2,1-3H3/t16-/m0/s1. The Balaban J connectivity index is 1.84. The summed E-state index contributed by atoms with van der Waals surface area (Å²) >= 11 is 0. The molecule has 2 heterocycles. The van der Waals surface area contributed by atoms with Gasteiger partial charge in [0.1, 0.15) is 6.07 Å². The van der Waals surface area contributed by atoms with Crippen LogP contribution in [0.1, 0.15) is 49.6 Å². The first-order valence-corrected chi connectivity index (χ1v) is 9.99. The molecule has 1 fully saturated rings. The molecule has 3 rings (SSSR count). The molecule has 1 aliphatic rings. The Hall–Kier alpha value is -2.59. The lowest BCUT2D eigenvalue weighted by Gasteiger charge is -2.41. The first kappa shape index (κ1) is 21.1. The average molecular weight is 399 g/mol. The van der Waals surface area contributed by atoms with E-state index in [4.69, 9.17) is 0 Å². The van der Waals surface area contributed by atoms with Gasteiger partial charge in [-0.05, 0) is 49.1 Å². The van der Waals surface area contributed by atoms with Crippen molar-refractivity contribution in [3.8, 4) is 6.07 Å². The van der Waals surface area contributed by atoms with Crippen molar-refractivity contribution in [2.24, 2.45) is 5.92 Å². The van der Waals surface area contributed by atoms with E-state index in [0.29, 0.717) is 37.7 Å². The number of aromatic nitrogens is 2. The van der Waals surface area contributed by atoms with Crippen molar-refractivity contribution >= 4 is 5.69 Å². The van der Waals surface area contributed by atoms with Crippen molar-refractivity contribution in [2.45, 2.75) is 46.2 Å². The zero-order valence-corrected chi connectivity index (χ0v) is 17.1. The van der Waals surface area contributed by atoms with Crippen LogP contribution >= 0.6 is 0 Å². The number of piperazine rings is 1. The molecule has 1 atom stereocenters. The second-order valence-electron chi connectivity index (χ2n) is 8.07. The Morgan fingerprint density at radius 3 is 2.66 bits per heavy atom. The molecule has 5 nitrogen and oxygen atoms in total. The Bertz CT molecular complexity index is 863. The highest BCUT2D eigenvalue weighted by atomic mass is 19.3. The van der Waals surface area contributed by atoms with Crippen LogP contribution in [0.15, 0.2) is 30.5 Å². The van der Waals surface area contributed by atoms with E-state index < -0.39 is 6.43 Å². The van der Waals surface area contributed by atoms with Gasteiger partial charge in [0.25, 0.3) is 6.43 Å². The predicted molar refractivity (Wildman–Crippen MR) is 109 cm³/mol. The van der Waals surface area contributed by atoms with Gasteiger partial charge in [0, 0.05) is 44.0 Å². The fraction of sp³-hybridized carbons (Fsp3) is 0.500. The van der Waals surface area contributed by atoms with Gasteiger partial charge in [0.15, 0.2) is 0 Å². The molecule has 0 saturated carbocycles. The van der Waals surface area contributed by atoms with E-state index in [9.17, 15) is 14.0 Å². The third-order valence-corrected chi connectivity index (χ3v) is 5.30. The normalized spacial score (nSPS) is 17.7. The van der Waals surface area contributed by atoms with Crippen LogP contribution in [0.2, 0.25) is 0 Å². The zero-order chi connectivity index (χ0) is 21.0. The number of benzene rings is 1. The van der Waals surface area contributed by atoms with Crippen molar-refractivity contribution < 1.29 is 8.78 Å². The van der Waals surface area contributed by atoms with Gasteiger partial charge in [0.05, 0.1) is 16.9 Å². The van der Waals surface area contributed by atoms with Gasteiger partial charge in [-0.15, -0.1) is 0 Å². The lowest BCUT2D eigenvalue weighted by Crippen LogP contribution is -2.51. The lowest BCUT2D eigenvalue weighted by molar-refractivity contribution is 0.151. The molecule has 2 aromatic rings. The summed E-state index contributed by atoms with van der Waals surface area (Å²) in [4.78, 5) is 4.38. The van der Waals surface area contributed by atoms with Crippen LogP contribution in [0.25, 0.3) is 0 Å². The molecule has 1 saturated heterocycles. The van der Waals surface area contributed by atoms with E-state index in [1.165, 1.54) is 6.07 Å². The van der Waals surface area contributed by atoms with Gasteiger partial charge in [0.2, 0.25) is 0 Å². The zero-order valence-electron chi connectivity index (χ0n) is 17.1. The first-order valence-electron chi connectivity index (χ1n) is 9.99. The van der Waals surface area contributed by atoms with Gasteiger partial charge in [-0.2, -0.15) is 15.5 Å². The molecule has 0 spiro atoms. The summed E-state index contributed by atoms with van der Waals surface area (Å²) in [6, 6.07) is 9.48. The molecule has 29 heavy (non-hydrogen) atoms. The van der Waals surface area contributed by atoms with Crippen LogP contribution in [-0.4, -0.2) is 40.8 Å². The molecule has 154 valence electrons. The van der Waals surface area contributed by atoms with Gasteiger partial charge >= 0.3 is 0 Å². The van der Waals surface area contributed by atoms with Gasteiger partial charge < -0.3 is 4.90 Å². The molecule has 1 aromatic heterocycles. The molecule has 1 aromatic carbocycles. The van der Waals surface area contributed by atoms with Crippen molar-refractivity contribution in [2.75, 3.05) is 24.5 Å². The molecule has 1 aliphatic heterocycles. The van der Waals surface area contributed by atoms with Crippen molar-refractivity contribution in [1.29, 1.82) is 5.26 Å². The molecule has 0 amide bonds. The summed E-state index contributed by atoms with van der Waals surface area (Å²) in [5.41, 5.74) is 2.34. The molecule has 0 radical (unpaired) electrons. The molecule has 0 unspecified atom stereocenters. The van der Waals surface area contributed by atoms with Crippen LogP contribution in [0, 0.1) is 17.2 Å². The fourth-order valence-corrected chi connectivity index (χ4v) is 3.92. The van der Waals surface area contributed by atoms with Crippen LogP contribution in [0.4, 0.5) is 14.5 Å². The molecule has 0 N–H and O–H groups in total. The Morgan fingerprint density at radius 2 is 2.07 bits per heavy atom. The highest BCUT2D eigenvalue weighted by molar-refractivity contribution is 5.65. The lowest BCUT2D eigenvalue weighted by atomic mass is 9.95. The van der Waals surface area contributed by atoms with E-state index in [2.05, 4.69) is 40.8 Å². The summed E-state index contributed by atoms with van der Waals surface area (Å²) in [6.45, 7) is 9.04. The minimum absolute atomic E-state index is 0.0992. The quantitative estimate of drug-likeness (QED) is 0.729. The molecule has 0 aliphatic carbocycles. The minimum atomic E-state index is -2.66. The number of nitriles is 1. The molecule has 0 bridgehead atoms. The monoisotopic (exact) mass is 399 g/mol. The van der Waals surface area contributed by atoms with Crippen LogP contribution in [0.5, 0.6) is 0 Å². The number of nitrogens with zero attached hydrogens (tertiary/aromatic N) is 5. The summed E-state index contributed by atoms with van der Waals surface area (Å²) in [7, 11) is 0. The largest absolute Gasteiger partial charge is 0.368 e. The summed E-state index contributed by atoms with van der Waals surface area (Å²) in [6.07, 6.45) is -0.300. The van der Waals surface area contributed by atoms with Gasteiger partial charge in [-0.25, -0.2) is 8.78 Å². The topological polar surface area (TPSA) is 56.1 Å². The van der Waals surface area contributed by atoms with E-state index in [1.807, 2.05) is 24.3 Å². The smallest absolute Gasteiger partial charge is 0.265 e. The van der Waals surface area contributed by atoms with E-state index in [0.717, 1.165) is 17.8 Å². The maximum Gasteiger partial charge on any atom is 0.265 e. The molecular weight excluding hydrogens is 372 g/mol. The minimum Gasteiger partial charge on any atom is -0.368 e. The van der Waals surface area contributed by atoms with Gasteiger partial charge in [-0.3, -0.25) is 4.90 Å². The summed E-state index contributed by atoms with van der Waals surface area (Å²) < 4.78 is 27.3. The number of anilines is 1. The SMILES string of the molecule is CC(C)Cc1cc(C(F)F)c(C#N)c(N2CCN(Cc3cccnn3)[C@@H](C)C2)c1. The van der Waals surface area contributed by atoms with E-state index in [1.54, 1.807) is 6.20 Å². The van der Waals surface area contributed by atoms with E-state index >= 15 is 0 Å². The Morgan fingerprint density at radius 1 is 1.28 bits per heavy atom. The van der Waals surface area contributed by atoms with E-state index in [-0.39, 0.29) is 17.2 Å². The van der Waals surface area contributed by atoms with Crippen LogP contribution in [0.3, 0.4) is 0 Å². The number of hydrogen-bond donors (Lipinski definition) is 0. The fourth-order valence-electron chi connectivity index (χ4n) is 3.92. The highest BCUT2D eigenvalue weighted by Gasteiger charge is 2.28. The van der Waals surface area contributed by atoms with Crippen LogP contribution in [-0.2, 0) is 13.0 Å². The van der Waals surface area contributed by atoms with Crippen molar-refractivity contribution in [3.63, 3.8) is 0 Å². The Kier molecular flexibility index (Phi) is 6.75. The predicted octanol–water partition coefficient (Wildman–Crippen LogP) is 4.20. The third-order valence-electron chi connectivity index (χ3n) is 5.30. The van der Waals surface area contributed by atoms with Crippen molar-refractivity contribution in [1.82, 2.24) is 15.1 Å². The number of halogens is 2. The maximum absolute atomic E-state index is 13.7. The van der Waals surface area contributed by atoms with Gasteiger partial charge in [-0.1, -0.05) is 13.8 Å². The summed E-state index contributed by atoms with van der Waals surface area (Å²) in [5, 5.41) is 17.7. The first-order chi connectivity index (χ1) is 13.9. The third kappa shape index (κ3) is 5.07. The van der Waals surface area contributed by atoms with Crippen molar-refractivity contribution in [3.05, 3.63) is 52.8 Å². The van der Waals surface area contributed by atoms with Crippen LogP contribution < -0.4 is 4.90 Å². The maximum atomic E-state index is 13.7. The second-order valence-corrected chi connectivity index (χ2v) is 8.07. The molecule has 7 heteroatoms. The molecular formula is C22H27F2N5. The highest BCUT2D eigenvalue weighted by Crippen LogP contribution is 2.34.